The molecule has 1 aliphatic heterocycles. The molecular formula is C13H24N2O9. The van der Waals surface area contributed by atoms with E-state index in [4.69, 9.17) is 14.6 Å². The minimum absolute atomic E-state index is 0.0943. The van der Waals surface area contributed by atoms with Gasteiger partial charge in [-0.05, 0) is 7.05 Å². The SMILES string of the molecule is CNCC(=O)N[C@H]1C([C@H](O)[C@H](O)CO)O[C@@](OC)(C(=O)O)C[C@H]1O. The molecule has 1 rings (SSSR count). The van der Waals surface area contributed by atoms with Crippen molar-refractivity contribution in [3.63, 3.8) is 0 Å². The van der Waals surface area contributed by atoms with E-state index in [-0.39, 0.29) is 6.54 Å². The van der Waals surface area contributed by atoms with Crippen molar-refractivity contribution >= 4 is 11.9 Å². The third-order valence-electron chi connectivity index (χ3n) is 3.81. The summed E-state index contributed by atoms with van der Waals surface area (Å²) in [4.78, 5) is 23.2. The van der Waals surface area contributed by atoms with Gasteiger partial charge in [-0.25, -0.2) is 4.79 Å². The van der Waals surface area contributed by atoms with Gasteiger partial charge in [0.05, 0.1) is 25.3 Å². The molecule has 1 saturated heterocycles. The number of aliphatic hydroxyl groups is 4. The van der Waals surface area contributed by atoms with E-state index in [2.05, 4.69) is 10.6 Å². The monoisotopic (exact) mass is 352 g/mol. The first-order valence-corrected chi connectivity index (χ1v) is 7.27. The minimum atomic E-state index is -2.26. The average Bonchev–Trinajstić information content (AvgIpc) is 2.55. The second-order valence-corrected chi connectivity index (χ2v) is 5.48. The van der Waals surface area contributed by atoms with E-state index >= 15 is 0 Å². The Hall–Kier alpha value is -1.34. The Kier molecular flexibility index (Phi) is 7.48. The van der Waals surface area contributed by atoms with Crippen molar-refractivity contribution < 1.29 is 44.6 Å². The molecular weight excluding hydrogens is 328 g/mol. The highest BCUT2D eigenvalue weighted by Gasteiger charge is 2.55. The van der Waals surface area contributed by atoms with Crippen LogP contribution in [0.3, 0.4) is 0 Å². The summed E-state index contributed by atoms with van der Waals surface area (Å²) in [6, 6.07) is -1.22. The topological polar surface area (TPSA) is 178 Å². The Morgan fingerprint density at radius 3 is 2.50 bits per heavy atom. The van der Waals surface area contributed by atoms with Gasteiger partial charge in [0.1, 0.15) is 18.3 Å². The molecule has 140 valence electrons. The number of aliphatic hydroxyl groups excluding tert-OH is 4. The summed E-state index contributed by atoms with van der Waals surface area (Å²) in [6.07, 6.45) is -6.94. The van der Waals surface area contributed by atoms with Gasteiger partial charge in [-0.1, -0.05) is 0 Å². The summed E-state index contributed by atoms with van der Waals surface area (Å²) in [6.45, 7) is -0.926. The normalized spacial score (nSPS) is 32.8. The number of carboxylic acids is 1. The standard InChI is InChI=1S/C13H24N2O9/c1-14-4-8(19)15-9-6(17)3-13(23-2,12(21)22)24-11(9)10(20)7(18)5-16/h6-7,9-11,14,16-18,20H,3-5H2,1-2H3,(H,15,19)(H,21,22)/t6-,7-,9-,10-,11?,13-/m1/s1. The molecule has 1 heterocycles. The molecule has 0 aromatic rings. The number of hydrogen-bond donors (Lipinski definition) is 7. The zero-order chi connectivity index (χ0) is 18.5. The average molecular weight is 352 g/mol. The van der Waals surface area contributed by atoms with Gasteiger partial charge >= 0.3 is 5.97 Å². The smallest absolute Gasteiger partial charge is 0.364 e. The summed E-state index contributed by atoms with van der Waals surface area (Å²) in [5.41, 5.74) is 0. The first-order chi connectivity index (χ1) is 11.2. The summed E-state index contributed by atoms with van der Waals surface area (Å²) < 4.78 is 10.1. The lowest BCUT2D eigenvalue weighted by molar-refractivity contribution is -0.303. The Balaban J connectivity index is 3.12. The lowest BCUT2D eigenvalue weighted by Crippen LogP contribution is -2.68. The van der Waals surface area contributed by atoms with E-state index in [0.29, 0.717) is 0 Å². The fraction of sp³-hybridized carbons (Fsp3) is 0.846. The third-order valence-corrected chi connectivity index (χ3v) is 3.81. The van der Waals surface area contributed by atoms with E-state index in [1.165, 1.54) is 7.05 Å². The molecule has 0 aromatic heterocycles. The van der Waals surface area contributed by atoms with Gasteiger partial charge in [-0.15, -0.1) is 0 Å². The van der Waals surface area contributed by atoms with Crippen LogP contribution in [0.4, 0.5) is 0 Å². The quantitative estimate of drug-likeness (QED) is 0.227. The molecule has 0 saturated carbocycles. The van der Waals surface area contributed by atoms with Crippen LogP contribution in [-0.2, 0) is 19.1 Å². The van der Waals surface area contributed by atoms with Gasteiger partial charge in [-0.2, -0.15) is 0 Å². The molecule has 0 radical (unpaired) electrons. The van der Waals surface area contributed by atoms with Crippen LogP contribution < -0.4 is 10.6 Å². The number of nitrogens with one attached hydrogen (secondary N) is 2. The number of amides is 1. The highest BCUT2D eigenvalue weighted by molar-refractivity contribution is 5.79. The number of aliphatic carboxylic acids is 1. The van der Waals surface area contributed by atoms with E-state index in [1.807, 2.05) is 0 Å². The number of likely N-dealkylation sites (N-methyl/N-ethyl adjacent to an activating group) is 1. The molecule has 0 aromatic carbocycles. The summed E-state index contributed by atoms with van der Waals surface area (Å²) >= 11 is 0. The minimum Gasteiger partial charge on any atom is -0.477 e. The lowest BCUT2D eigenvalue weighted by atomic mass is 9.88. The van der Waals surface area contributed by atoms with Crippen molar-refractivity contribution in [1.29, 1.82) is 0 Å². The third kappa shape index (κ3) is 4.39. The van der Waals surface area contributed by atoms with Crippen LogP contribution in [-0.4, -0.2) is 101 Å². The summed E-state index contributed by atoms with van der Waals surface area (Å²) in [7, 11) is 2.57. The molecule has 1 amide bonds. The number of rotatable bonds is 8. The molecule has 6 atom stereocenters. The Morgan fingerprint density at radius 2 is 2.04 bits per heavy atom. The molecule has 11 heteroatoms. The van der Waals surface area contributed by atoms with E-state index in [0.717, 1.165) is 7.11 Å². The van der Waals surface area contributed by atoms with Crippen molar-refractivity contribution in [1.82, 2.24) is 10.6 Å². The van der Waals surface area contributed by atoms with Gasteiger partial charge in [-0.3, -0.25) is 4.79 Å². The number of carboxylic acid groups (broad SMARTS) is 1. The number of methoxy groups -OCH3 is 1. The molecule has 11 nitrogen and oxygen atoms in total. The Morgan fingerprint density at radius 1 is 1.42 bits per heavy atom. The maximum atomic E-state index is 11.7. The molecule has 0 bridgehead atoms. The Bertz CT molecular complexity index is 449. The molecule has 24 heavy (non-hydrogen) atoms. The van der Waals surface area contributed by atoms with Crippen molar-refractivity contribution in [2.24, 2.45) is 0 Å². The number of carbonyl (C=O) groups is 2. The molecule has 0 aliphatic carbocycles. The van der Waals surface area contributed by atoms with Gasteiger partial charge in [0.25, 0.3) is 5.79 Å². The summed E-state index contributed by atoms with van der Waals surface area (Å²) in [5.74, 6) is -4.34. The number of carbonyl (C=O) groups excluding carboxylic acids is 1. The molecule has 1 fully saturated rings. The van der Waals surface area contributed by atoms with Crippen LogP contribution >= 0.6 is 0 Å². The zero-order valence-corrected chi connectivity index (χ0v) is 13.4. The molecule has 1 unspecified atom stereocenters. The van der Waals surface area contributed by atoms with Gasteiger partial charge in [0.15, 0.2) is 0 Å². The first kappa shape index (κ1) is 20.7. The second kappa shape index (κ2) is 8.67. The van der Waals surface area contributed by atoms with Crippen LogP contribution in [0.15, 0.2) is 0 Å². The van der Waals surface area contributed by atoms with Gasteiger partial charge in [0.2, 0.25) is 5.91 Å². The molecule has 7 N–H and O–H groups in total. The lowest BCUT2D eigenvalue weighted by Gasteiger charge is -2.46. The van der Waals surface area contributed by atoms with Crippen LogP contribution in [0, 0.1) is 0 Å². The number of hydrogen-bond acceptors (Lipinski definition) is 9. The van der Waals surface area contributed by atoms with E-state index in [9.17, 15) is 30.0 Å². The van der Waals surface area contributed by atoms with Gasteiger partial charge < -0.3 is 45.6 Å². The van der Waals surface area contributed by atoms with E-state index in [1.54, 1.807) is 0 Å². The highest BCUT2D eigenvalue weighted by Crippen LogP contribution is 2.32. The maximum Gasteiger partial charge on any atom is 0.364 e. The van der Waals surface area contributed by atoms with E-state index < -0.39 is 61.1 Å². The fourth-order valence-electron chi connectivity index (χ4n) is 2.50. The first-order valence-electron chi connectivity index (χ1n) is 7.27. The van der Waals surface area contributed by atoms with Crippen molar-refractivity contribution in [2.45, 2.75) is 42.7 Å². The molecule has 1 aliphatic rings. The van der Waals surface area contributed by atoms with Crippen molar-refractivity contribution in [3.05, 3.63) is 0 Å². The van der Waals surface area contributed by atoms with Gasteiger partial charge in [0, 0.05) is 13.5 Å². The van der Waals surface area contributed by atoms with Crippen molar-refractivity contribution in [2.75, 3.05) is 27.3 Å². The molecule has 0 spiro atoms. The van der Waals surface area contributed by atoms with Crippen LogP contribution in [0.5, 0.6) is 0 Å². The predicted molar refractivity (Wildman–Crippen MR) is 77.8 cm³/mol. The highest BCUT2D eigenvalue weighted by atomic mass is 16.7. The van der Waals surface area contributed by atoms with Crippen LogP contribution in [0.25, 0.3) is 0 Å². The van der Waals surface area contributed by atoms with Crippen LogP contribution in [0.2, 0.25) is 0 Å². The maximum absolute atomic E-state index is 11.7. The summed E-state index contributed by atoms with van der Waals surface area (Å²) in [5, 5.41) is 53.3. The zero-order valence-electron chi connectivity index (χ0n) is 13.4. The largest absolute Gasteiger partial charge is 0.477 e. The Labute approximate surface area is 138 Å². The van der Waals surface area contributed by atoms with Crippen molar-refractivity contribution in [3.8, 4) is 0 Å². The fourth-order valence-corrected chi connectivity index (χ4v) is 2.50. The predicted octanol–water partition coefficient (Wildman–Crippen LogP) is -4.02. The second-order valence-electron chi connectivity index (χ2n) is 5.48. The number of ether oxygens (including phenoxy) is 2. The van der Waals surface area contributed by atoms with Crippen LogP contribution in [0.1, 0.15) is 6.42 Å².